The quantitative estimate of drug-likeness (QED) is 0.674. The normalized spacial score (nSPS) is 23.6. The Morgan fingerprint density at radius 1 is 1.00 bits per heavy atom. The van der Waals surface area contributed by atoms with Gasteiger partial charge in [-0.3, -0.25) is 0 Å². The molecule has 2 N–H and O–H groups in total. The molecule has 0 aromatic heterocycles. The van der Waals surface area contributed by atoms with Crippen molar-refractivity contribution in [2.24, 2.45) is 0 Å². The summed E-state index contributed by atoms with van der Waals surface area (Å²) in [6.07, 6.45) is 3.59. The molecular weight excluding hydrogens is 208 g/mol. The molecule has 0 radical (unpaired) electrons. The highest BCUT2D eigenvalue weighted by atomic mass is 16.5. The number of nitrogens with one attached hydrogen (secondary N) is 2. The maximum atomic E-state index is 11.7. The van der Waals surface area contributed by atoms with Gasteiger partial charge in [0.05, 0.1) is 0 Å². The molecule has 2 aliphatic rings. The zero-order valence-corrected chi connectivity index (χ0v) is 9.97. The van der Waals surface area contributed by atoms with Gasteiger partial charge in [0.25, 0.3) is 0 Å². The molecule has 0 spiro atoms. The number of carbonyl (C=O) groups excluding carboxylic acids is 1. The minimum absolute atomic E-state index is 0.183. The van der Waals surface area contributed by atoms with E-state index in [1.165, 1.54) is 0 Å². The van der Waals surface area contributed by atoms with Crippen LogP contribution in [0.1, 0.15) is 39.5 Å². The van der Waals surface area contributed by atoms with Crippen molar-refractivity contribution in [1.82, 2.24) is 10.6 Å². The Kier molecular flexibility index (Phi) is 3.08. The van der Waals surface area contributed by atoms with Gasteiger partial charge in [0.2, 0.25) is 0 Å². The lowest BCUT2D eigenvalue weighted by molar-refractivity contribution is 0.00905. The number of amides is 2. The van der Waals surface area contributed by atoms with Crippen LogP contribution in [-0.4, -0.2) is 30.7 Å². The number of carbonyl (C=O) groups is 1. The Bertz CT molecular complexity index is 246. The second-order valence-electron chi connectivity index (χ2n) is 4.43. The second kappa shape index (κ2) is 4.22. The molecule has 92 valence electrons. The molecule has 5 nitrogen and oxygen atoms in total. The van der Waals surface area contributed by atoms with E-state index in [1.807, 2.05) is 13.8 Å². The highest BCUT2D eigenvalue weighted by molar-refractivity contribution is 5.76. The molecule has 0 aromatic carbocycles. The molecule has 2 rings (SSSR count). The lowest BCUT2D eigenvalue weighted by Crippen LogP contribution is -2.50. The van der Waals surface area contributed by atoms with Crippen LogP contribution >= 0.6 is 0 Å². The van der Waals surface area contributed by atoms with Gasteiger partial charge in [0, 0.05) is 13.2 Å². The van der Waals surface area contributed by atoms with E-state index in [9.17, 15) is 4.79 Å². The predicted octanol–water partition coefficient (Wildman–Crippen LogP) is 1.34. The zero-order chi connectivity index (χ0) is 11.6. The van der Waals surface area contributed by atoms with Crippen LogP contribution in [0, 0.1) is 0 Å². The summed E-state index contributed by atoms with van der Waals surface area (Å²) in [4.78, 5) is 11.7. The van der Waals surface area contributed by atoms with Crippen molar-refractivity contribution >= 4 is 6.03 Å². The largest absolute Gasteiger partial charge is 0.356 e. The number of rotatable bonds is 6. The first-order chi connectivity index (χ1) is 7.64. The van der Waals surface area contributed by atoms with Crippen LogP contribution in [0.3, 0.4) is 0 Å². The molecule has 0 aromatic rings. The second-order valence-corrected chi connectivity index (χ2v) is 4.43. The number of urea groups is 1. The summed E-state index contributed by atoms with van der Waals surface area (Å²) >= 11 is 0. The van der Waals surface area contributed by atoms with Crippen molar-refractivity contribution in [3.63, 3.8) is 0 Å². The van der Waals surface area contributed by atoms with Crippen LogP contribution in [0.4, 0.5) is 4.79 Å². The molecule has 0 saturated heterocycles. The molecule has 2 aliphatic carbocycles. The third-order valence-electron chi connectivity index (χ3n) is 2.93. The molecule has 2 saturated carbocycles. The summed E-state index contributed by atoms with van der Waals surface area (Å²) in [5.41, 5.74) is -0.803. The average molecular weight is 228 g/mol. The van der Waals surface area contributed by atoms with Gasteiger partial charge >= 0.3 is 6.03 Å². The fourth-order valence-electron chi connectivity index (χ4n) is 1.84. The Hall–Kier alpha value is -0.810. The Morgan fingerprint density at radius 3 is 1.62 bits per heavy atom. The summed E-state index contributed by atoms with van der Waals surface area (Å²) in [5.74, 6) is 0. The van der Waals surface area contributed by atoms with Gasteiger partial charge in [-0.05, 0) is 39.5 Å². The van der Waals surface area contributed by atoms with Gasteiger partial charge in [0.15, 0.2) is 0 Å². The average Bonchev–Trinajstić information content (AvgIpc) is 3.08. The van der Waals surface area contributed by atoms with E-state index in [0.717, 1.165) is 25.7 Å². The van der Waals surface area contributed by atoms with Gasteiger partial charge in [-0.2, -0.15) is 0 Å². The summed E-state index contributed by atoms with van der Waals surface area (Å²) < 4.78 is 11.0. The smallest absolute Gasteiger partial charge is 0.319 e. The molecule has 5 heteroatoms. The molecule has 0 unspecified atom stereocenters. The van der Waals surface area contributed by atoms with E-state index in [1.54, 1.807) is 0 Å². The maximum absolute atomic E-state index is 11.7. The van der Waals surface area contributed by atoms with Crippen LogP contribution in [0.5, 0.6) is 0 Å². The van der Waals surface area contributed by atoms with E-state index in [4.69, 9.17) is 9.47 Å². The van der Waals surface area contributed by atoms with E-state index < -0.39 is 11.4 Å². The molecule has 0 atom stereocenters. The number of hydrogen-bond donors (Lipinski definition) is 2. The third kappa shape index (κ3) is 2.65. The van der Waals surface area contributed by atoms with E-state index in [-0.39, 0.29) is 6.03 Å². The maximum Gasteiger partial charge on any atom is 0.319 e. The van der Waals surface area contributed by atoms with Gasteiger partial charge < -0.3 is 20.1 Å². The summed E-state index contributed by atoms with van der Waals surface area (Å²) in [6.45, 7) is 5.11. The Labute approximate surface area is 95.9 Å². The number of hydrogen-bond acceptors (Lipinski definition) is 3. The van der Waals surface area contributed by atoms with Crippen LogP contribution in [0.25, 0.3) is 0 Å². The minimum Gasteiger partial charge on any atom is -0.356 e. The lowest BCUT2D eigenvalue weighted by Gasteiger charge is -2.21. The third-order valence-corrected chi connectivity index (χ3v) is 2.93. The molecule has 0 bridgehead atoms. The molecular formula is C11H20N2O3. The molecule has 2 fully saturated rings. The highest BCUT2D eigenvalue weighted by Gasteiger charge is 2.49. The Balaban J connectivity index is 1.76. The van der Waals surface area contributed by atoms with Crippen molar-refractivity contribution in [3.05, 3.63) is 0 Å². The van der Waals surface area contributed by atoms with Gasteiger partial charge in [-0.1, -0.05) is 0 Å². The summed E-state index contributed by atoms with van der Waals surface area (Å²) in [5, 5.41) is 5.74. The first-order valence-corrected chi connectivity index (χ1v) is 6.02. The molecule has 0 aliphatic heterocycles. The van der Waals surface area contributed by atoms with Crippen LogP contribution in [0.15, 0.2) is 0 Å². The summed E-state index contributed by atoms with van der Waals surface area (Å²) in [7, 11) is 0. The molecule has 0 heterocycles. The van der Waals surface area contributed by atoms with E-state index in [2.05, 4.69) is 10.6 Å². The highest BCUT2D eigenvalue weighted by Crippen LogP contribution is 2.38. The summed E-state index contributed by atoms with van der Waals surface area (Å²) in [6, 6.07) is -0.183. The van der Waals surface area contributed by atoms with Gasteiger partial charge in [-0.15, -0.1) is 0 Å². The van der Waals surface area contributed by atoms with Gasteiger partial charge in [0.1, 0.15) is 11.4 Å². The fraction of sp³-hybridized carbons (Fsp3) is 0.909. The van der Waals surface area contributed by atoms with E-state index in [0.29, 0.717) is 13.2 Å². The van der Waals surface area contributed by atoms with Crippen molar-refractivity contribution in [2.45, 2.75) is 51.0 Å². The van der Waals surface area contributed by atoms with Crippen LogP contribution < -0.4 is 10.6 Å². The molecule has 16 heavy (non-hydrogen) atoms. The van der Waals surface area contributed by atoms with Crippen molar-refractivity contribution in [2.75, 3.05) is 13.2 Å². The zero-order valence-electron chi connectivity index (χ0n) is 9.97. The standard InChI is InChI=1S/C11H20N2O3/c1-3-15-10(5-6-10)12-9(14)13-11(7-8-11)16-4-2/h3-8H2,1-2H3,(H2,12,13,14). The van der Waals surface area contributed by atoms with Crippen LogP contribution in [-0.2, 0) is 9.47 Å². The predicted molar refractivity (Wildman–Crippen MR) is 58.8 cm³/mol. The van der Waals surface area contributed by atoms with Crippen molar-refractivity contribution in [1.29, 1.82) is 0 Å². The lowest BCUT2D eigenvalue weighted by atomic mass is 10.5. The van der Waals surface area contributed by atoms with Crippen molar-refractivity contribution in [3.8, 4) is 0 Å². The fourth-order valence-corrected chi connectivity index (χ4v) is 1.84. The van der Waals surface area contributed by atoms with E-state index >= 15 is 0 Å². The SMILES string of the molecule is CCOC1(NC(=O)NC2(OCC)CC2)CC1. The molecule has 2 amide bonds. The van der Waals surface area contributed by atoms with Gasteiger partial charge in [-0.25, -0.2) is 4.79 Å². The topological polar surface area (TPSA) is 59.6 Å². The first kappa shape index (κ1) is 11.7. The number of ether oxygens (including phenoxy) is 2. The monoisotopic (exact) mass is 228 g/mol. The minimum atomic E-state index is -0.402. The first-order valence-electron chi connectivity index (χ1n) is 6.02. The Morgan fingerprint density at radius 2 is 1.38 bits per heavy atom. The van der Waals surface area contributed by atoms with Crippen LogP contribution in [0.2, 0.25) is 0 Å². The van der Waals surface area contributed by atoms with Crippen molar-refractivity contribution < 1.29 is 14.3 Å².